The van der Waals surface area contributed by atoms with Crippen LogP contribution >= 0.6 is 0 Å². The van der Waals surface area contributed by atoms with Gasteiger partial charge in [0.2, 0.25) is 0 Å². The molecular weight excluding hydrogens is 241 g/mol. The molecule has 4 heteroatoms. The average Bonchev–Trinajstić information content (AvgIpc) is 2.85. The first-order valence-corrected chi connectivity index (χ1v) is 6.80. The first kappa shape index (κ1) is 13.8. The van der Waals surface area contributed by atoms with Crippen LogP contribution in [0.3, 0.4) is 0 Å². The van der Waals surface area contributed by atoms with Crippen LogP contribution in [-0.2, 0) is 0 Å². The Hall–Kier alpha value is -1.60. The molecule has 1 saturated heterocycles. The maximum absolute atomic E-state index is 13.6. The van der Waals surface area contributed by atoms with Crippen LogP contribution in [0.4, 0.5) is 10.1 Å². The van der Waals surface area contributed by atoms with Crippen LogP contribution in [0.15, 0.2) is 18.2 Å². The van der Waals surface area contributed by atoms with Crippen molar-refractivity contribution in [1.29, 1.82) is 5.26 Å². The summed E-state index contributed by atoms with van der Waals surface area (Å²) < 4.78 is 13.6. The molecule has 1 aromatic rings. The number of hydrogen-bond acceptors (Lipinski definition) is 3. The molecule has 0 radical (unpaired) electrons. The van der Waals surface area contributed by atoms with Crippen molar-refractivity contribution >= 4 is 5.69 Å². The van der Waals surface area contributed by atoms with E-state index < -0.39 is 5.82 Å². The van der Waals surface area contributed by atoms with E-state index in [9.17, 15) is 4.39 Å². The summed E-state index contributed by atoms with van der Waals surface area (Å²) in [5, 5.41) is 8.73. The fraction of sp³-hybridized carbons (Fsp3) is 0.533. The van der Waals surface area contributed by atoms with Crippen molar-refractivity contribution in [2.45, 2.75) is 25.8 Å². The Morgan fingerprint density at radius 2 is 2.32 bits per heavy atom. The molecule has 1 atom stereocenters. The number of benzene rings is 1. The lowest BCUT2D eigenvalue weighted by atomic mass is 10.1. The lowest BCUT2D eigenvalue weighted by Gasteiger charge is -2.29. The molecule has 2 rings (SSSR count). The molecule has 1 aliphatic rings. The van der Waals surface area contributed by atoms with Gasteiger partial charge in [0.15, 0.2) is 0 Å². The second kappa shape index (κ2) is 6.03. The SMILES string of the molecule is CCN1CCCC1CN(C)c1ccc(C#N)c(F)c1. The molecule has 0 amide bonds. The van der Waals surface area contributed by atoms with Crippen LogP contribution in [0.2, 0.25) is 0 Å². The van der Waals surface area contributed by atoms with Crippen molar-refractivity contribution < 1.29 is 4.39 Å². The minimum absolute atomic E-state index is 0.105. The molecule has 0 bridgehead atoms. The monoisotopic (exact) mass is 261 g/mol. The Balaban J connectivity index is 2.06. The summed E-state index contributed by atoms with van der Waals surface area (Å²) in [5.74, 6) is -0.439. The average molecular weight is 261 g/mol. The third-order valence-electron chi connectivity index (χ3n) is 3.90. The Bertz CT molecular complexity index is 481. The molecule has 1 unspecified atom stereocenters. The molecule has 0 spiro atoms. The van der Waals surface area contributed by atoms with Crippen LogP contribution in [0.25, 0.3) is 0 Å². The zero-order valence-electron chi connectivity index (χ0n) is 11.6. The summed E-state index contributed by atoms with van der Waals surface area (Å²) in [6.45, 7) is 5.32. The van der Waals surface area contributed by atoms with Crippen molar-refractivity contribution in [3.63, 3.8) is 0 Å². The fourth-order valence-corrected chi connectivity index (χ4v) is 2.77. The molecule has 3 nitrogen and oxygen atoms in total. The molecule has 1 aromatic carbocycles. The number of halogens is 1. The molecule has 102 valence electrons. The second-order valence-electron chi connectivity index (χ2n) is 5.08. The molecule has 0 aromatic heterocycles. The van der Waals surface area contributed by atoms with Gasteiger partial charge < -0.3 is 4.90 Å². The lowest BCUT2D eigenvalue weighted by molar-refractivity contribution is 0.270. The van der Waals surface area contributed by atoms with Gasteiger partial charge in [-0.2, -0.15) is 5.26 Å². The normalized spacial score (nSPS) is 19.4. The minimum atomic E-state index is -0.439. The van der Waals surface area contributed by atoms with Crippen molar-refractivity contribution in [3.8, 4) is 6.07 Å². The quantitative estimate of drug-likeness (QED) is 0.834. The van der Waals surface area contributed by atoms with Gasteiger partial charge >= 0.3 is 0 Å². The van der Waals surface area contributed by atoms with Crippen molar-refractivity contribution in [2.24, 2.45) is 0 Å². The predicted octanol–water partition coefficient (Wildman–Crippen LogP) is 2.62. The molecule has 19 heavy (non-hydrogen) atoms. The van der Waals surface area contributed by atoms with Crippen LogP contribution in [0.5, 0.6) is 0 Å². The van der Waals surface area contributed by atoms with Crippen molar-refractivity contribution in [2.75, 3.05) is 31.6 Å². The topological polar surface area (TPSA) is 30.3 Å². The van der Waals surface area contributed by atoms with Gasteiger partial charge in [-0.1, -0.05) is 6.92 Å². The molecule has 0 N–H and O–H groups in total. The zero-order valence-corrected chi connectivity index (χ0v) is 11.6. The highest BCUT2D eigenvalue weighted by Crippen LogP contribution is 2.22. The van der Waals surface area contributed by atoms with E-state index in [0.717, 1.165) is 25.3 Å². The van der Waals surface area contributed by atoms with Gasteiger partial charge in [-0.3, -0.25) is 4.90 Å². The van der Waals surface area contributed by atoms with E-state index in [4.69, 9.17) is 5.26 Å². The Morgan fingerprint density at radius 1 is 1.53 bits per heavy atom. The minimum Gasteiger partial charge on any atom is -0.373 e. The highest BCUT2D eigenvalue weighted by atomic mass is 19.1. The molecule has 1 fully saturated rings. The van der Waals surface area contributed by atoms with Gasteiger partial charge in [-0.05, 0) is 44.1 Å². The predicted molar refractivity (Wildman–Crippen MR) is 74.7 cm³/mol. The molecular formula is C15H20FN3. The molecule has 1 aliphatic heterocycles. The number of likely N-dealkylation sites (N-methyl/N-ethyl adjacent to an activating group) is 2. The Kier molecular flexibility index (Phi) is 4.39. The summed E-state index contributed by atoms with van der Waals surface area (Å²) in [4.78, 5) is 4.54. The summed E-state index contributed by atoms with van der Waals surface area (Å²) in [7, 11) is 1.98. The summed E-state index contributed by atoms with van der Waals surface area (Å²) in [6, 6.07) is 7.21. The Morgan fingerprint density at radius 3 is 2.95 bits per heavy atom. The van der Waals surface area contributed by atoms with E-state index in [-0.39, 0.29) is 5.56 Å². The second-order valence-corrected chi connectivity index (χ2v) is 5.08. The molecule has 1 heterocycles. The van der Waals surface area contributed by atoms with E-state index in [2.05, 4.69) is 16.7 Å². The van der Waals surface area contributed by atoms with Gasteiger partial charge in [-0.25, -0.2) is 4.39 Å². The molecule has 0 saturated carbocycles. The van der Waals surface area contributed by atoms with E-state index in [1.165, 1.54) is 18.9 Å². The third-order valence-corrected chi connectivity index (χ3v) is 3.90. The number of rotatable bonds is 4. The first-order valence-electron chi connectivity index (χ1n) is 6.80. The highest BCUT2D eigenvalue weighted by molar-refractivity contribution is 5.50. The smallest absolute Gasteiger partial charge is 0.143 e. The van der Waals surface area contributed by atoms with Gasteiger partial charge in [0, 0.05) is 25.3 Å². The van der Waals surface area contributed by atoms with Crippen molar-refractivity contribution in [1.82, 2.24) is 4.90 Å². The first-order chi connectivity index (χ1) is 9.15. The van der Waals surface area contributed by atoms with Gasteiger partial charge in [0.1, 0.15) is 11.9 Å². The van der Waals surface area contributed by atoms with Crippen molar-refractivity contribution in [3.05, 3.63) is 29.6 Å². The maximum Gasteiger partial charge on any atom is 0.143 e. The van der Waals surface area contributed by atoms with Crippen LogP contribution < -0.4 is 4.90 Å². The van der Waals surface area contributed by atoms with Gasteiger partial charge in [0.25, 0.3) is 0 Å². The highest BCUT2D eigenvalue weighted by Gasteiger charge is 2.24. The molecule has 0 aliphatic carbocycles. The summed E-state index contributed by atoms with van der Waals surface area (Å²) >= 11 is 0. The number of nitrogens with zero attached hydrogens (tertiary/aromatic N) is 3. The standard InChI is InChI=1S/C15H20FN3/c1-3-19-8-4-5-14(19)11-18(2)13-7-6-12(10-17)15(16)9-13/h6-7,9,14H,3-5,8,11H2,1-2H3. The number of anilines is 1. The number of nitriles is 1. The zero-order chi connectivity index (χ0) is 13.8. The maximum atomic E-state index is 13.6. The lowest BCUT2D eigenvalue weighted by Crippen LogP contribution is -2.38. The Labute approximate surface area is 114 Å². The van der Waals surface area contributed by atoms with Gasteiger partial charge in [-0.15, -0.1) is 0 Å². The summed E-state index contributed by atoms with van der Waals surface area (Å²) in [5.41, 5.74) is 0.938. The number of likely N-dealkylation sites (tertiary alicyclic amines) is 1. The number of hydrogen-bond donors (Lipinski definition) is 0. The largest absolute Gasteiger partial charge is 0.373 e. The van der Waals surface area contributed by atoms with E-state index >= 15 is 0 Å². The van der Waals surface area contributed by atoms with E-state index in [1.807, 2.05) is 19.2 Å². The van der Waals surface area contributed by atoms with Crippen LogP contribution in [0.1, 0.15) is 25.3 Å². The van der Waals surface area contributed by atoms with Gasteiger partial charge in [0.05, 0.1) is 5.56 Å². The van der Waals surface area contributed by atoms with E-state index in [1.54, 1.807) is 6.07 Å². The fourth-order valence-electron chi connectivity index (χ4n) is 2.77. The van der Waals surface area contributed by atoms with Crippen LogP contribution in [0, 0.1) is 17.1 Å². The van der Waals surface area contributed by atoms with E-state index in [0.29, 0.717) is 6.04 Å². The van der Waals surface area contributed by atoms with Crippen LogP contribution in [-0.4, -0.2) is 37.6 Å². The third kappa shape index (κ3) is 3.05. The summed E-state index contributed by atoms with van der Waals surface area (Å²) in [6.07, 6.45) is 2.45.